The zero-order valence-electron chi connectivity index (χ0n) is 11.7. The van der Waals surface area contributed by atoms with Gasteiger partial charge in [0.25, 0.3) is 0 Å². The lowest BCUT2D eigenvalue weighted by Gasteiger charge is -2.16. The summed E-state index contributed by atoms with van der Waals surface area (Å²) >= 11 is 1.71. The van der Waals surface area contributed by atoms with Gasteiger partial charge in [-0.25, -0.2) is 9.37 Å². The molecule has 1 atom stereocenters. The summed E-state index contributed by atoms with van der Waals surface area (Å²) in [5.41, 5.74) is 3.19. The van der Waals surface area contributed by atoms with Crippen molar-refractivity contribution < 1.29 is 4.39 Å². The summed E-state index contributed by atoms with van der Waals surface area (Å²) in [7, 11) is 1.91. The van der Waals surface area contributed by atoms with Gasteiger partial charge < -0.3 is 5.32 Å². The van der Waals surface area contributed by atoms with Crippen molar-refractivity contribution in [2.45, 2.75) is 33.2 Å². The fraction of sp³-hybridized carbons (Fsp3) is 0.400. The predicted octanol–water partition coefficient (Wildman–Crippen LogP) is 3.77. The van der Waals surface area contributed by atoms with Crippen molar-refractivity contribution in [3.05, 3.63) is 50.7 Å². The number of nitrogens with zero attached hydrogens (tertiary/aromatic N) is 1. The highest BCUT2D eigenvalue weighted by atomic mass is 32.1. The van der Waals surface area contributed by atoms with Crippen molar-refractivity contribution in [3.8, 4) is 0 Å². The quantitative estimate of drug-likeness (QED) is 0.921. The summed E-state index contributed by atoms with van der Waals surface area (Å²) in [6.45, 7) is 6.15. The van der Waals surface area contributed by atoms with Crippen LogP contribution in [-0.4, -0.2) is 12.0 Å². The Morgan fingerprint density at radius 1 is 1.37 bits per heavy atom. The Labute approximate surface area is 117 Å². The molecular formula is C15H19FN2S. The highest BCUT2D eigenvalue weighted by Crippen LogP contribution is 2.30. The first-order valence-electron chi connectivity index (χ1n) is 6.46. The van der Waals surface area contributed by atoms with E-state index in [2.05, 4.69) is 19.2 Å². The Morgan fingerprint density at radius 2 is 2.11 bits per heavy atom. The van der Waals surface area contributed by atoms with Gasteiger partial charge in [0, 0.05) is 4.88 Å². The Balaban J connectivity index is 2.43. The molecule has 1 aromatic heterocycles. The number of halogens is 1. The van der Waals surface area contributed by atoms with Gasteiger partial charge in [0.2, 0.25) is 0 Å². The smallest absolute Gasteiger partial charge is 0.123 e. The van der Waals surface area contributed by atoms with E-state index in [-0.39, 0.29) is 11.9 Å². The van der Waals surface area contributed by atoms with Gasteiger partial charge in [0.15, 0.2) is 0 Å². The third kappa shape index (κ3) is 2.85. The third-order valence-electron chi connectivity index (χ3n) is 3.32. The van der Waals surface area contributed by atoms with Crippen LogP contribution in [0.4, 0.5) is 4.39 Å². The first-order chi connectivity index (χ1) is 9.06. The van der Waals surface area contributed by atoms with Crippen LogP contribution >= 0.6 is 11.3 Å². The molecule has 1 N–H and O–H groups in total. The lowest BCUT2D eigenvalue weighted by molar-refractivity contribution is 0.620. The van der Waals surface area contributed by atoms with Crippen molar-refractivity contribution in [1.82, 2.24) is 10.3 Å². The molecule has 0 amide bonds. The van der Waals surface area contributed by atoms with Crippen LogP contribution in [-0.2, 0) is 6.42 Å². The zero-order valence-corrected chi connectivity index (χ0v) is 12.6. The molecule has 102 valence electrons. The highest BCUT2D eigenvalue weighted by molar-refractivity contribution is 7.11. The van der Waals surface area contributed by atoms with Crippen molar-refractivity contribution in [1.29, 1.82) is 0 Å². The first-order valence-corrected chi connectivity index (χ1v) is 7.28. The summed E-state index contributed by atoms with van der Waals surface area (Å²) in [4.78, 5) is 5.96. The molecule has 0 saturated heterocycles. The third-order valence-corrected chi connectivity index (χ3v) is 4.40. The van der Waals surface area contributed by atoms with Gasteiger partial charge in [0.1, 0.15) is 10.8 Å². The molecule has 2 aromatic rings. The van der Waals surface area contributed by atoms with Gasteiger partial charge in [-0.1, -0.05) is 13.0 Å². The zero-order chi connectivity index (χ0) is 14.0. The van der Waals surface area contributed by atoms with Crippen LogP contribution in [0, 0.1) is 19.7 Å². The van der Waals surface area contributed by atoms with E-state index in [1.165, 1.54) is 10.9 Å². The predicted molar refractivity (Wildman–Crippen MR) is 78.3 cm³/mol. The largest absolute Gasteiger partial charge is 0.307 e. The minimum atomic E-state index is -0.194. The summed E-state index contributed by atoms with van der Waals surface area (Å²) < 4.78 is 13.2. The van der Waals surface area contributed by atoms with Crippen LogP contribution in [0.5, 0.6) is 0 Å². The average molecular weight is 278 g/mol. The molecule has 0 spiro atoms. The SMILES string of the molecule is CCc1nc(C(NC)c2ccc(F)cc2C)sc1C. The fourth-order valence-electron chi connectivity index (χ4n) is 2.28. The number of benzene rings is 1. The second kappa shape index (κ2) is 5.80. The number of hydrogen-bond donors (Lipinski definition) is 1. The van der Waals surface area contributed by atoms with Crippen LogP contribution in [0.25, 0.3) is 0 Å². The van der Waals surface area contributed by atoms with Gasteiger partial charge in [-0.15, -0.1) is 11.3 Å². The molecule has 19 heavy (non-hydrogen) atoms. The van der Waals surface area contributed by atoms with E-state index in [9.17, 15) is 4.39 Å². The Morgan fingerprint density at radius 3 is 2.63 bits per heavy atom. The van der Waals surface area contributed by atoms with Gasteiger partial charge in [0.05, 0.1) is 11.7 Å². The van der Waals surface area contributed by atoms with Crippen molar-refractivity contribution in [2.75, 3.05) is 7.05 Å². The Hall–Kier alpha value is -1.26. The van der Waals surface area contributed by atoms with Crippen LogP contribution in [0.2, 0.25) is 0 Å². The second-order valence-corrected chi connectivity index (χ2v) is 5.87. The molecule has 1 unspecified atom stereocenters. The number of hydrogen-bond acceptors (Lipinski definition) is 3. The number of thiazole rings is 1. The minimum absolute atomic E-state index is 0.0320. The van der Waals surface area contributed by atoms with E-state index in [0.717, 1.165) is 28.2 Å². The molecule has 1 aromatic carbocycles. The van der Waals surface area contributed by atoms with Crippen molar-refractivity contribution >= 4 is 11.3 Å². The van der Waals surface area contributed by atoms with Gasteiger partial charge in [-0.3, -0.25) is 0 Å². The molecule has 2 rings (SSSR count). The number of aromatic nitrogens is 1. The summed E-state index contributed by atoms with van der Waals surface area (Å²) in [5, 5.41) is 4.33. The lowest BCUT2D eigenvalue weighted by atomic mass is 10.0. The standard InChI is InChI=1S/C15H19FN2S/c1-5-13-10(3)19-15(18-13)14(17-4)12-7-6-11(16)8-9(12)2/h6-8,14,17H,5H2,1-4H3. The molecule has 4 heteroatoms. The molecule has 0 fully saturated rings. The van der Waals surface area contributed by atoms with Gasteiger partial charge >= 0.3 is 0 Å². The summed E-state index contributed by atoms with van der Waals surface area (Å²) in [6, 6.07) is 4.95. The minimum Gasteiger partial charge on any atom is -0.307 e. The molecule has 0 aliphatic heterocycles. The molecule has 0 radical (unpaired) electrons. The Kier molecular flexibility index (Phi) is 4.32. The van der Waals surface area contributed by atoms with Crippen LogP contribution in [0.3, 0.4) is 0 Å². The normalized spacial score (nSPS) is 12.7. The number of rotatable bonds is 4. The van der Waals surface area contributed by atoms with Crippen LogP contribution in [0.1, 0.15) is 39.7 Å². The van der Waals surface area contributed by atoms with Crippen molar-refractivity contribution in [3.63, 3.8) is 0 Å². The number of nitrogens with one attached hydrogen (secondary N) is 1. The summed E-state index contributed by atoms with van der Waals surface area (Å²) in [5.74, 6) is -0.194. The van der Waals surface area contributed by atoms with Gasteiger partial charge in [-0.05, 0) is 50.6 Å². The van der Waals surface area contributed by atoms with Crippen LogP contribution < -0.4 is 5.32 Å². The van der Waals surface area contributed by atoms with Crippen LogP contribution in [0.15, 0.2) is 18.2 Å². The monoisotopic (exact) mass is 278 g/mol. The molecule has 0 bridgehead atoms. The van der Waals surface area contributed by atoms with E-state index in [1.807, 2.05) is 20.0 Å². The average Bonchev–Trinajstić information content (AvgIpc) is 2.74. The maximum Gasteiger partial charge on any atom is 0.123 e. The molecular weight excluding hydrogens is 259 g/mol. The summed E-state index contributed by atoms with van der Waals surface area (Å²) in [6.07, 6.45) is 0.946. The highest BCUT2D eigenvalue weighted by Gasteiger charge is 2.19. The lowest BCUT2D eigenvalue weighted by Crippen LogP contribution is -2.18. The van der Waals surface area contributed by atoms with E-state index >= 15 is 0 Å². The van der Waals surface area contributed by atoms with Crippen molar-refractivity contribution in [2.24, 2.45) is 0 Å². The second-order valence-electron chi connectivity index (χ2n) is 4.63. The van der Waals surface area contributed by atoms with E-state index in [0.29, 0.717) is 0 Å². The van der Waals surface area contributed by atoms with E-state index in [1.54, 1.807) is 17.4 Å². The van der Waals surface area contributed by atoms with E-state index < -0.39 is 0 Å². The number of aryl methyl sites for hydroxylation is 3. The van der Waals surface area contributed by atoms with Gasteiger partial charge in [-0.2, -0.15) is 0 Å². The molecule has 1 heterocycles. The van der Waals surface area contributed by atoms with E-state index in [4.69, 9.17) is 4.98 Å². The maximum atomic E-state index is 13.2. The molecule has 0 saturated carbocycles. The first kappa shape index (κ1) is 14.2. The maximum absolute atomic E-state index is 13.2. The molecule has 2 nitrogen and oxygen atoms in total. The fourth-order valence-corrected chi connectivity index (χ4v) is 3.42. The topological polar surface area (TPSA) is 24.9 Å². The molecule has 0 aliphatic carbocycles. The Bertz CT molecular complexity index is 578. The molecule has 0 aliphatic rings.